The molecule has 1 saturated carbocycles. The third kappa shape index (κ3) is 4.83. The maximum Gasteiger partial charge on any atom is 0.310 e. The molecule has 2 rings (SSSR count). The molecule has 138 valence electrons. The predicted octanol–water partition coefficient (Wildman–Crippen LogP) is 4.22. The van der Waals surface area contributed by atoms with Gasteiger partial charge >= 0.3 is 11.9 Å². The Balaban J connectivity index is 1.93. The molecule has 2 aliphatic rings. The van der Waals surface area contributed by atoms with Gasteiger partial charge < -0.3 is 9.47 Å². The van der Waals surface area contributed by atoms with Gasteiger partial charge in [-0.05, 0) is 46.0 Å². The highest BCUT2D eigenvalue weighted by Gasteiger charge is 2.53. The van der Waals surface area contributed by atoms with Gasteiger partial charge in [0.25, 0.3) is 0 Å². The first-order chi connectivity index (χ1) is 12.0. The summed E-state index contributed by atoms with van der Waals surface area (Å²) in [5.41, 5.74) is 2.38. The highest BCUT2D eigenvalue weighted by molar-refractivity contribution is 5.84. The maximum absolute atomic E-state index is 12.6. The lowest BCUT2D eigenvalue weighted by atomic mass is 9.83. The monoisotopic (exact) mass is 346 g/mol. The summed E-state index contributed by atoms with van der Waals surface area (Å²) in [4.78, 5) is 25.1. The van der Waals surface area contributed by atoms with E-state index >= 15 is 0 Å². The van der Waals surface area contributed by atoms with Gasteiger partial charge in [0.1, 0.15) is 0 Å². The second-order valence-corrected chi connectivity index (χ2v) is 7.10. The highest BCUT2D eigenvalue weighted by atomic mass is 16.5. The van der Waals surface area contributed by atoms with Gasteiger partial charge in [-0.2, -0.15) is 0 Å². The zero-order valence-corrected chi connectivity index (χ0v) is 15.8. The number of allylic oxidation sites excluding steroid dienone is 4. The van der Waals surface area contributed by atoms with Gasteiger partial charge in [0.2, 0.25) is 0 Å². The Hall–Kier alpha value is -1.84. The summed E-state index contributed by atoms with van der Waals surface area (Å²) in [5.74, 6) is -1.09. The van der Waals surface area contributed by atoms with Crippen molar-refractivity contribution in [1.29, 1.82) is 0 Å². The molecule has 0 amide bonds. The van der Waals surface area contributed by atoms with E-state index in [1.54, 1.807) is 0 Å². The molecular weight excluding hydrogens is 316 g/mol. The van der Waals surface area contributed by atoms with Crippen molar-refractivity contribution in [3.63, 3.8) is 0 Å². The van der Waals surface area contributed by atoms with Crippen molar-refractivity contribution in [1.82, 2.24) is 0 Å². The van der Waals surface area contributed by atoms with E-state index in [0.29, 0.717) is 13.2 Å². The third-order valence-corrected chi connectivity index (χ3v) is 5.47. The third-order valence-electron chi connectivity index (χ3n) is 5.47. The lowest BCUT2D eigenvalue weighted by molar-refractivity contribution is -0.161. The Morgan fingerprint density at radius 3 is 1.64 bits per heavy atom. The molecule has 2 bridgehead atoms. The number of esters is 2. The van der Waals surface area contributed by atoms with E-state index in [9.17, 15) is 9.59 Å². The van der Waals surface area contributed by atoms with Crippen LogP contribution in [0.2, 0.25) is 0 Å². The van der Waals surface area contributed by atoms with Crippen molar-refractivity contribution in [2.75, 3.05) is 13.2 Å². The van der Waals surface area contributed by atoms with Crippen LogP contribution in [0.25, 0.3) is 0 Å². The molecular formula is C21H30O4. The summed E-state index contributed by atoms with van der Waals surface area (Å²) in [6, 6.07) is 0. The Bertz CT molecular complexity index is 535. The topological polar surface area (TPSA) is 52.6 Å². The molecule has 25 heavy (non-hydrogen) atoms. The van der Waals surface area contributed by atoms with Crippen molar-refractivity contribution >= 4 is 11.9 Å². The number of hydrogen-bond donors (Lipinski definition) is 0. The van der Waals surface area contributed by atoms with Crippen LogP contribution < -0.4 is 0 Å². The molecule has 0 spiro atoms. The molecule has 0 aliphatic heterocycles. The van der Waals surface area contributed by atoms with E-state index < -0.39 is 11.8 Å². The number of hydrogen-bond acceptors (Lipinski definition) is 4. The second kappa shape index (κ2) is 9.02. The molecule has 0 aromatic rings. The molecule has 4 heteroatoms. The maximum atomic E-state index is 12.6. The minimum absolute atomic E-state index is 0.107. The normalized spacial score (nSPS) is 28.3. The molecule has 0 N–H and O–H groups in total. The molecule has 4 atom stereocenters. The fraction of sp³-hybridized carbons (Fsp3) is 0.619. The molecule has 0 radical (unpaired) electrons. The average Bonchev–Trinajstić information content (AvgIpc) is 3.22. The van der Waals surface area contributed by atoms with Gasteiger partial charge in [-0.3, -0.25) is 9.59 Å². The summed E-state index contributed by atoms with van der Waals surface area (Å²) in [5, 5.41) is 0. The Labute approximate surface area is 151 Å². The summed E-state index contributed by atoms with van der Waals surface area (Å²) < 4.78 is 10.9. The lowest BCUT2D eigenvalue weighted by Crippen LogP contribution is -2.35. The summed E-state index contributed by atoms with van der Waals surface area (Å²) in [7, 11) is 0. The lowest BCUT2D eigenvalue weighted by Gasteiger charge is -2.25. The van der Waals surface area contributed by atoms with Crippen LogP contribution in [0.4, 0.5) is 0 Å². The minimum Gasteiger partial charge on any atom is -0.465 e. The van der Waals surface area contributed by atoms with E-state index in [-0.39, 0.29) is 23.8 Å². The van der Waals surface area contributed by atoms with Gasteiger partial charge in [-0.15, -0.1) is 0 Å². The van der Waals surface area contributed by atoms with E-state index in [2.05, 4.69) is 12.2 Å². The number of fused-ring (bicyclic) bond motifs is 2. The first-order valence-electron chi connectivity index (χ1n) is 9.23. The SMILES string of the molecule is CC=C(C)CCOC(=O)C1C2C=CC(C2)C1C(=O)OCCC(C)=CC. The number of carbonyl (C=O) groups is 2. The van der Waals surface area contributed by atoms with Crippen LogP contribution >= 0.6 is 0 Å². The molecule has 1 fully saturated rings. The Kier molecular flexibility index (Phi) is 7.03. The van der Waals surface area contributed by atoms with Crippen molar-refractivity contribution in [2.24, 2.45) is 23.7 Å². The number of rotatable bonds is 8. The van der Waals surface area contributed by atoms with E-state index in [1.807, 2.05) is 39.8 Å². The van der Waals surface area contributed by atoms with Crippen LogP contribution in [-0.4, -0.2) is 25.2 Å². The quantitative estimate of drug-likeness (QED) is 0.488. The van der Waals surface area contributed by atoms with Crippen LogP contribution in [0, 0.1) is 23.7 Å². The summed E-state index contributed by atoms with van der Waals surface area (Å²) >= 11 is 0. The smallest absolute Gasteiger partial charge is 0.310 e. The standard InChI is InChI=1S/C21H30O4/c1-5-14(3)9-11-24-20(22)18-16-7-8-17(13-16)19(18)21(23)25-12-10-15(4)6-2/h5-8,16-19H,9-13H2,1-4H3. The molecule has 0 aromatic heterocycles. The van der Waals surface area contributed by atoms with Crippen molar-refractivity contribution in [2.45, 2.75) is 47.0 Å². The molecule has 4 unspecified atom stereocenters. The molecule has 0 saturated heterocycles. The van der Waals surface area contributed by atoms with Crippen molar-refractivity contribution in [3.8, 4) is 0 Å². The fourth-order valence-corrected chi connectivity index (χ4v) is 3.57. The molecule has 2 aliphatic carbocycles. The first kappa shape index (κ1) is 19.5. The van der Waals surface area contributed by atoms with Crippen LogP contribution in [-0.2, 0) is 19.1 Å². The zero-order valence-electron chi connectivity index (χ0n) is 15.8. The van der Waals surface area contributed by atoms with Gasteiger partial charge in [0.05, 0.1) is 25.0 Å². The van der Waals surface area contributed by atoms with Gasteiger partial charge in [-0.1, -0.05) is 35.5 Å². The van der Waals surface area contributed by atoms with Crippen molar-refractivity contribution < 1.29 is 19.1 Å². The molecule has 0 heterocycles. The highest BCUT2D eigenvalue weighted by Crippen LogP contribution is 2.49. The van der Waals surface area contributed by atoms with Crippen LogP contribution in [0.15, 0.2) is 35.5 Å². The minimum atomic E-state index is -0.392. The fourth-order valence-electron chi connectivity index (χ4n) is 3.57. The average molecular weight is 346 g/mol. The summed E-state index contributed by atoms with van der Waals surface area (Å²) in [6.45, 7) is 8.71. The van der Waals surface area contributed by atoms with E-state index in [1.165, 1.54) is 11.1 Å². The van der Waals surface area contributed by atoms with Crippen LogP contribution in [0.5, 0.6) is 0 Å². The second-order valence-electron chi connectivity index (χ2n) is 7.10. The van der Waals surface area contributed by atoms with E-state index in [4.69, 9.17) is 9.47 Å². The van der Waals surface area contributed by atoms with E-state index in [0.717, 1.165) is 19.3 Å². The van der Waals surface area contributed by atoms with Crippen molar-refractivity contribution in [3.05, 3.63) is 35.5 Å². The Morgan fingerprint density at radius 1 is 0.880 bits per heavy atom. The molecule has 4 nitrogen and oxygen atoms in total. The summed E-state index contributed by atoms with van der Waals surface area (Å²) in [6.07, 6.45) is 10.5. The largest absolute Gasteiger partial charge is 0.465 e. The van der Waals surface area contributed by atoms with Gasteiger partial charge in [0, 0.05) is 12.8 Å². The molecule has 0 aromatic carbocycles. The number of ether oxygens (including phenoxy) is 2. The van der Waals surface area contributed by atoms with Crippen LogP contribution in [0.3, 0.4) is 0 Å². The zero-order chi connectivity index (χ0) is 18.4. The number of carbonyl (C=O) groups excluding carboxylic acids is 2. The van der Waals surface area contributed by atoms with Gasteiger partial charge in [0.15, 0.2) is 0 Å². The van der Waals surface area contributed by atoms with Gasteiger partial charge in [-0.25, -0.2) is 0 Å². The first-order valence-corrected chi connectivity index (χ1v) is 9.23. The predicted molar refractivity (Wildman–Crippen MR) is 97.7 cm³/mol. The van der Waals surface area contributed by atoms with Crippen LogP contribution in [0.1, 0.15) is 47.0 Å². The Morgan fingerprint density at radius 2 is 1.28 bits per heavy atom.